The van der Waals surface area contributed by atoms with Crippen molar-refractivity contribution in [2.24, 2.45) is 11.8 Å². The molecular weight excluding hydrogens is 324 g/mol. The number of esters is 1. The number of ether oxygens (including phenoxy) is 5. The molecule has 0 amide bonds. The Bertz CT molecular complexity index is 558. The lowest BCUT2D eigenvalue weighted by molar-refractivity contribution is -0.247. The Kier molecular flexibility index (Phi) is 3.73. The van der Waals surface area contributed by atoms with E-state index in [4.69, 9.17) is 23.7 Å². The molecular formula is C19H28O6. The zero-order chi connectivity index (χ0) is 17.2. The van der Waals surface area contributed by atoms with Crippen molar-refractivity contribution in [2.75, 3.05) is 13.2 Å². The van der Waals surface area contributed by atoms with Gasteiger partial charge in [0.15, 0.2) is 6.29 Å². The normalized spacial score (nSPS) is 54.2. The van der Waals surface area contributed by atoms with E-state index < -0.39 is 0 Å². The molecule has 3 saturated heterocycles. The molecule has 0 aromatic rings. The molecule has 0 spiro atoms. The van der Waals surface area contributed by atoms with Crippen LogP contribution >= 0.6 is 0 Å². The Balaban J connectivity index is 1.07. The first-order valence-electron chi connectivity index (χ1n) is 9.74. The van der Waals surface area contributed by atoms with Gasteiger partial charge in [-0.1, -0.05) is 0 Å². The van der Waals surface area contributed by atoms with Crippen LogP contribution in [-0.2, 0) is 28.5 Å². The van der Waals surface area contributed by atoms with Gasteiger partial charge in [-0.25, -0.2) is 0 Å². The van der Waals surface area contributed by atoms with Gasteiger partial charge in [-0.2, -0.15) is 0 Å². The highest BCUT2D eigenvalue weighted by Gasteiger charge is 2.57. The van der Waals surface area contributed by atoms with Gasteiger partial charge in [0.2, 0.25) is 0 Å². The van der Waals surface area contributed by atoms with Gasteiger partial charge in [-0.15, -0.1) is 0 Å². The molecule has 0 bridgehead atoms. The number of carbonyl (C=O) groups excluding carboxylic acids is 1. The largest absolute Gasteiger partial charge is 0.457 e. The summed E-state index contributed by atoms with van der Waals surface area (Å²) in [4.78, 5) is 12.4. The smallest absolute Gasteiger partial charge is 0.309 e. The second kappa shape index (κ2) is 5.65. The summed E-state index contributed by atoms with van der Waals surface area (Å²) in [5.41, 5.74) is 0.146. The van der Waals surface area contributed by atoms with Gasteiger partial charge >= 0.3 is 5.97 Å². The maximum Gasteiger partial charge on any atom is 0.309 e. The van der Waals surface area contributed by atoms with E-state index in [1.807, 2.05) is 0 Å². The van der Waals surface area contributed by atoms with Crippen LogP contribution in [0.5, 0.6) is 0 Å². The van der Waals surface area contributed by atoms with Crippen molar-refractivity contribution in [3.63, 3.8) is 0 Å². The van der Waals surface area contributed by atoms with Gasteiger partial charge in [0.1, 0.15) is 6.10 Å². The minimum Gasteiger partial charge on any atom is -0.457 e. The van der Waals surface area contributed by atoms with E-state index in [9.17, 15) is 4.79 Å². The predicted molar refractivity (Wildman–Crippen MR) is 86.8 cm³/mol. The molecule has 3 heterocycles. The van der Waals surface area contributed by atoms with Gasteiger partial charge in [0.25, 0.3) is 0 Å². The summed E-state index contributed by atoms with van der Waals surface area (Å²) in [6, 6.07) is 0. The molecule has 0 aromatic carbocycles. The third-order valence-electron chi connectivity index (χ3n) is 6.98. The van der Waals surface area contributed by atoms with E-state index in [0.29, 0.717) is 25.2 Å². The fraction of sp³-hybridized carbons (Fsp3) is 0.947. The zero-order valence-corrected chi connectivity index (χ0v) is 15.1. The summed E-state index contributed by atoms with van der Waals surface area (Å²) in [6.07, 6.45) is 5.88. The van der Waals surface area contributed by atoms with Gasteiger partial charge in [0, 0.05) is 5.92 Å². The second-order valence-electron chi connectivity index (χ2n) is 8.94. The number of rotatable bonds is 3. The molecule has 0 aromatic heterocycles. The lowest BCUT2D eigenvalue weighted by Crippen LogP contribution is -2.44. The first kappa shape index (κ1) is 16.5. The molecule has 6 nitrogen and oxygen atoms in total. The molecule has 140 valence electrons. The average molecular weight is 352 g/mol. The number of fused-ring (bicyclic) bond motifs is 2. The molecule has 5 fully saturated rings. The molecule has 3 aliphatic heterocycles. The van der Waals surface area contributed by atoms with Crippen molar-refractivity contribution in [2.45, 2.75) is 88.2 Å². The van der Waals surface area contributed by atoms with E-state index in [1.165, 1.54) is 0 Å². The Labute approximate surface area is 148 Å². The lowest BCUT2D eigenvalue weighted by Gasteiger charge is -2.36. The highest BCUT2D eigenvalue weighted by atomic mass is 16.7. The van der Waals surface area contributed by atoms with Crippen molar-refractivity contribution in [1.82, 2.24) is 0 Å². The Morgan fingerprint density at radius 1 is 0.960 bits per heavy atom. The number of hydrogen-bond acceptors (Lipinski definition) is 6. The molecule has 6 heteroatoms. The van der Waals surface area contributed by atoms with E-state index in [2.05, 4.69) is 13.8 Å². The molecule has 5 rings (SSSR count). The molecule has 2 saturated carbocycles. The molecule has 0 N–H and O–H groups in total. The fourth-order valence-electron chi connectivity index (χ4n) is 4.88. The van der Waals surface area contributed by atoms with Crippen molar-refractivity contribution >= 4 is 5.97 Å². The van der Waals surface area contributed by atoms with Crippen molar-refractivity contribution in [3.05, 3.63) is 0 Å². The summed E-state index contributed by atoms with van der Waals surface area (Å²) in [6.45, 7) is 5.18. The van der Waals surface area contributed by atoms with Crippen LogP contribution in [0.4, 0.5) is 0 Å². The summed E-state index contributed by atoms with van der Waals surface area (Å²) >= 11 is 0. The Morgan fingerprint density at radius 2 is 1.60 bits per heavy atom. The summed E-state index contributed by atoms with van der Waals surface area (Å²) in [5.74, 6) is 0.231. The number of hydrogen-bond donors (Lipinski definition) is 0. The van der Waals surface area contributed by atoms with Crippen molar-refractivity contribution in [1.29, 1.82) is 0 Å². The van der Waals surface area contributed by atoms with Crippen LogP contribution in [0, 0.1) is 11.8 Å². The highest BCUT2D eigenvalue weighted by Crippen LogP contribution is 2.51. The maximum absolute atomic E-state index is 12.4. The monoisotopic (exact) mass is 352 g/mol. The van der Waals surface area contributed by atoms with Crippen molar-refractivity contribution < 1.29 is 28.5 Å². The van der Waals surface area contributed by atoms with Crippen LogP contribution < -0.4 is 0 Å². The van der Waals surface area contributed by atoms with E-state index in [1.54, 1.807) is 0 Å². The first-order valence-corrected chi connectivity index (χ1v) is 9.74. The second-order valence-corrected chi connectivity index (χ2v) is 8.94. The van der Waals surface area contributed by atoms with E-state index in [-0.39, 0.29) is 41.6 Å². The minimum absolute atomic E-state index is 0.0302. The predicted octanol–water partition coefficient (Wildman–Crippen LogP) is 2.19. The quantitative estimate of drug-likeness (QED) is 0.573. The number of epoxide rings is 2. The SMILES string of the molecule is CC12CCC(C(=O)OC3COC(C4CCC5(C)OC5C4)OC3)CC1O2. The standard InChI is InChI=1S/C19H28O6/c1-18-5-3-11(7-14(18)24-18)16(20)23-13-9-21-17(22-10-13)12-4-6-19(2)15(8-12)25-19/h11-15,17H,3-10H2,1-2H3. The Morgan fingerprint density at radius 3 is 2.24 bits per heavy atom. The van der Waals surface area contributed by atoms with Crippen LogP contribution in [-0.4, -0.2) is 55.0 Å². The fourth-order valence-corrected chi connectivity index (χ4v) is 4.88. The Hall–Kier alpha value is -0.690. The summed E-state index contributed by atoms with van der Waals surface area (Å²) in [7, 11) is 0. The van der Waals surface area contributed by atoms with Gasteiger partial charge in [-0.3, -0.25) is 4.79 Å². The lowest BCUT2D eigenvalue weighted by atomic mass is 9.82. The summed E-state index contributed by atoms with van der Waals surface area (Å²) < 4.78 is 28.8. The summed E-state index contributed by atoms with van der Waals surface area (Å²) in [5, 5.41) is 0. The topological polar surface area (TPSA) is 69.8 Å². The molecule has 6 unspecified atom stereocenters. The third-order valence-corrected chi connectivity index (χ3v) is 6.98. The first-order chi connectivity index (χ1) is 12.0. The average Bonchev–Trinajstić information content (AvgIpc) is 3.47. The number of carbonyl (C=O) groups is 1. The van der Waals surface area contributed by atoms with E-state index >= 15 is 0 Å². The molecule has 0 radical (unpaired) electrons. The highest BCUT2D eigenvalue weighted by molar-refractivity contribution is 5.73. The van der Waals surface area contributed by atoms with Crippen LogP contribution in [0.1, 0.15) is 52.4 Å². The van der Waals surface area contributed by atoms with Gasteiger partial charge in [-0.05, 0) is 52.4 Å². The van der Waals surface area contributed by atoms with Crippen LogP contribution in [0.15, 0.2) is 0 Å². The molecule has 5 aliphatic rings. The molecule has 2 aliphatic carbocycles. The van der Waals surface area contributed by atoms with Crippen LogP contribution in [0.2, 0.25) is 0 Å². The maximum atomic E-state index is 12.4. The zero-order valence-electron chi connectivity index (χ0n) is 15.1. The van der Waals surface area contributed by atoms with Crippen LogP contribution in [0.3, 0.4) is 0 Å². The van der Waals surface area contributed by atoms with E-state index in [0.717, 1.165) is 38.5 Å². The minimum atomic E-state index is -0.289. The van der Waals surface area contributed by atoms with Gasteiger partial charge in [0.05, 0.1) is 42.5 Å². The third kappa shape index (κ3) is 3.01. The van der Waals surface area contributed by atoms with Crippen molar-refractivity contribution in [3.8, 4) is 0 Å². The molecule has 6 atom stereocenters. The van der Waals surface area contributed by atoms with Crippen LogP contribution in [0.25, 0.3) is 0 Å². The van der Waals surface area contributed by atoms with Gasteiger partial charge < -0.3 is 23.7 Å². The molecule has 25 heavy (non-hydrogen) atoms.